The van der Waals surface area contributed by atoms with Gasteiger partial charge in [0.15, 0.2) is 0 Å². The van der Waals surface area contributed by atoms with Crippen molar-refractivity contribution in [1.82, 2.24) is 0 Å². The highest BCUT2D eigenvalue weighted by atomic mass is 16.5. The van der Waals surface area contributed by atoms with E-state index in [-0.39, 0.29) is 0 Å². The minimum Gasteiger partial charge on any atom is -0.489 e. The Bertz CT molecular complexity index is 644. The van der Waals surface area contributed by atoms with Crippen LogP contribution in [0.4, 0.5) is 0 Å². The maximum atomic E-state index is 9.60. The first kappa shape index (κ1) is 14.2. The molecule has 0 bridgehead atoms. The van der Waals surface area contributed by atoms with E-state index in [4.69, 9.17) is 4.74 Å². The molecule has 1 aliphatic rings. The second-order valence-corrected chi connectivity index (χ2v) is 5.95. The van der Waals surface area contributed by atoms with Gasteiger partial charge < -0.3 is 9.84 Å². The molecule has 21 heavy (non-hydrogen) atoms. The number of ether oxygens (including phenoxy) is 1. The van der Waals surface area contributed by atoms with Crippen LogP contribution in [0, 0.1) is 6.92 Å². The van der Waals surface area contributed by atoms with Crippen molar-refractivity contribution in [3.63, 3.8) is 0 Å². The summed E-state index contributed by atoms with van der Waals surface area (Å²) in [6.45, 7) is 4.39. The monoisotopic (exact) mass is 282 g/mol. The molecule has 1 unspecified atom stereocenters. The van der Waals surface area contributed by atoms with Gasteiger partial charge in [0.05, 0.1) is 6.10 Å². The van der Waals surface area contributed by atoms with E-state index in [9.17, 15) is 5.11 Å². The van der Waals surface area contributed by atoms with E-state index in [0.717, 1.165) is 16.9 Å². The van der Waals surface area contributed by atoms with Gasteiger partial charge in [-0.1, -0.05) is 24.3 Å². The summed E-state index contributed by atoms with van der Waals surface area (Å²) < 4.78 is 5.94. The summed E-state index contributed by atoms with van der Waals surface area (Å²) in [6.07, 6.45) is 3.26. The molecule has 1 N–H and O–H groups in total. The third kappa shape index (κ3) is 3.11. The molecule has 0 saturated heterocycles. The summed E-state index contributed by atoms with van der Waals surface area (Å²) in [4.78, 5) is 0. The molecule has 2 aromatic rings. The van der Waals surface area contributed by atoms with Crippen molar-refractivity contribution < 1.29 is 9.84 Å². The molecule has 2 heteroatoms. The van der Waals surface area contributed by atoms with Gasteiger partial charge in [0, 0.05) is 0 Å². The smallest absolute Gasteiger partial charge is 0.122 e. The van der Waals surface area contributed by atoms with Crippen molar-refractivity contribution in [3.05, 3.63) is 64.2 Å². The maximum absolute atomic E-state index is 9.60. The Morgan fingerprint density at radius 3 is 2.67 bits per heavy atom. The first-order valence-corrected chi connectivity index (χ1v) is 7.65. The van der Waals surface area contributed by atoms with Gasteiger partial charge in [-0.25, -0.2) is 0 Å². The molecule has 3 rings (SSSR count). The molecule has 0 aliphatic heterocycles. The lowest BCUT2D eigenvalue weighted by Crippen LogP contribution is -1.99. The maximum Gasteiger partial charge on any atom is 0.122 e. The second-order valence-electron chi connectivity index (χ2n) is 5.95. The Kier molecular flexibility index (Phi) is 3.98. The SMILES string of the molecule is Cc1cc(C(C)O)ccc1OCc1ccc2c(c1)CCC2. The number of benzene rings is 2. The fourth-order valence-electron chi connectivity index (χ4n) is 2.97. The van der Waals surface area contributed by atoms with Gasteiger partial charge in [0.2, 0.25) is 0 Å². The lowest BCUT2D eigenvalue weighted by atomic mass is 10.1. The van der Waals surface area contributed by atoms with Crippen LogP contribution in [0.25, 0.3) is 0 Å². The summed E-state index contributed by atoms with van der Waals surface area (Å²) in [6, 6.07) is 12.6. The second kappa shape index (κ2) is 5.90. The number of hydrogen-bond acceptors (Lipinski definition) is 2. The third-order valence-electron chi connectivity index (χ3n) is 4.24. The average molecular weight is 282 g/mol. The highest BCUT2D eigenvalue weighted by Gasteiger charge is 2.11. The fourth-order valence-corrected chi connectivity index (χ4v) is 2.97. The van der Waals surface area contributed by atoms with Crippen LogP contribution in [0.1, 0.15) is 47.3 Å². The molecule has 1 aliphatic carbocycles. The number of aliphatic hydroxyl groups excluding tert-OH is 1. The minimum atomic E-state index is -0.436. The first-order chi connectivity index (χ1) is 10.1. The molecule has 0 heterocycles. The van der Waals surface area contributed by atoms with E-state index in [1.54, 1.807) is 6.92 Å². The van der Waals surface area contributed by atoms with Crippen LogP contribution in [0.3, 0.4) is 0 Å². The summed E-state index contributed by atoms with van der Waals surface area (Å²) in [5.74, 6) is 0.889. The molecule has 0 amide bonds. The molecule has 2 nitrogen and oxygen atoms in total. The molecule has 2 aromatic carbocycles. The predicted octanol–water partition coefficient (Wildman–Crippen LogP) is 4.12. The summed E-state index contributed by atoms with van der Waals surface area (Å²) in [5.41, 5.74) is 6.20. The van der Waals surface area contributed by atoms with Crippen LogP contribution in [0.5, 0.6) is 5.75 Å². The molecular weight excluding hydrogens is 260 g/mol. The highest BCUT2D eigenvalue weighted by Crippen LogP contribution is 2.25. The fraction of sp³-hybridized carbons (Fsp3) is 0.368. The zero-order chi connectivity index (χ0) is 14.8. The van der Waals surface area contributed by atoms with Crippen LogP contribution in [-0.4, -0.2) is 5.11 Å². The standard InChI is InChI=1S/C19H22O2/c1-13-10-17(14(2)20)8-9-19(13)21-12-15-6-7-16-4-3-5-18(16)11-15/h6-11,14,20H,3-5,12H2,1-2H3. The normalized spacial score (nSPS) is 14.8. The summed E-state index contributed by atoms with van der Waals surface area (Å²) in [5, 5.41) is 9.60. The summed E-state index contributed by atoms with van der Waals surface area (Å²) >= 11 is 0. The van der Waals surface area contributed by atoms with Crippen LogP contribution < -0.4 is 4.74 Å². The van der Waals surface area contributed by atoms with E-state index in [0.29, 0.717) is 6.61 Å². The molecule has 0 spiro atoms. The lowest BCUT2D eigenvalue weighted by Gasteiger charge is -2.12. The largest absolute Gasteiger partial charge is 0.489 e. The quantitative estimate of drug-likeness (QED) is 0.914. The Hall–Kier alpha value is -1.80. The zero-order valence-electron chi connectivity index (χ0n) is 12.7. The predicted molar refractivity (Wildman–Crippen MR) is 84.6 cm³/mol. The van der Waals surface area contributed by atoms with E-state index < -0.39 is 6.10 Å². The van der Waals surface area contributed by atoms with Crippen LogP contribution in [-0.2, 0) is 19.4 Å². The van der Waals surface area contributed by atoms with Crippen LogP contribution in [0.15, 0.2) is 36.4 Å². The average Bonchev–Trinajstić information content (AvgIpc) is 2.93. The Morgan fingerprint density at radius 1 is 1.10 bits per heavy atom. The minimum absolute atomic E-state index is 0.436. The Morgan fingerprint density at radius 2 is 1.90 bits per heavy atom. The van der Waals surface area contributed by atoms with E-state index in [1.807, 2.05) is 25.1 Å². The van der Waals surface area contributed by atoms with Gasteiger partial charge in [-0.2, -0.15) is 0 Å². The van der Waals surface area contributed by atoms with Gasteiger partial charge in [0.25, 0.3) is 0 Å². The van der Waals surface area contributed by atoms with E-state index >= 15 is 0 Å². The molecule has 0 aromatic heterocycles. The van der Waals surface area contributed by atoms with Crippen molar-refractivity contribution >= 4 is 0 Å². The van der Waals surface area contributed by atoms with Crippen molar-refractivity contribution in [1.29, 1.82) is 0 Å². The van der Waals surface area contributed by atoms with Crippen molar-refractivity contribution in [2.75, 3.05) is 0 Å². The van der Waals surface area contributed by atoms with Crippen molar-refractivity contribution in [2.45, 2.75) is 45.8 Å². The van der Waals surface area contributed by atoms with Crippen molar-refractivity contribution in [3.8, 4) is 5.75 Å². The van der Waals surface area contributed by atoms with E-state index in [1.165, 1.54) is 36.0 Å². The third-order valence-corrected chi connectivity index (χ3v) is 4.24. The van der Waals surface area contributed by atoms with Gasteiger partial charge in [-0.15, -0.1) is 0 Å². The Balaban J connectivity index is 1.70. The van der Waals surface area contributed by atoms with Crippen LogP contribution in [0.2, 0.25) is 0 Å². The zero-order valence-corrected chi connectivity index (χ0v) is 12.7. The number of hydrogen-bond donors (Lipinski definition) is 1. The number of aliphatic hydroxyl groups is 1. The number of fused-ring (bicyclic) bond motifs is 1. The highest BCUT2D eigenvalue weighted by molar-refractivity contribution is 5.38. The molecule has 0 fully saturated rings. The number of rotatable bonds is 4. The van der Waals surface area contributed by atoms with Gasteiger partial charge >= 0.3 is 0 Å². The summed E-state index contributed by atoms with van der Waals surface area (Å²) in [7, 11) is 0. The first-order valence-electron chi connectivity index (χ1n) is 7.65. The Labute approximate surface area is 126 Å². The van der Waals surface area contributed by atoms with E-state index in [2.05, 4.69) is 18.2 Å². The topological polar surface area (TPSA) is 29.5 Å². The lowest BCUT2D eigenvalue weighted by molar-refractivity contribution is 0.199. The molecule has 0 saturated carbocycles. The molecule has 0 radical (unpaired) electrons. The van der Waals surface area contributed by atoms with Gasteiger partial charge in [0.1, 0.15) is 12.4 Å². The molecule has 110 valence electrons. The van der Waals surface area contributed by atoms with Gasteiger partial charge in [-0.05, 0) is 73.1 Å². The number of aryl methyl sites for hydroxylation is 3. The van der Waals surface area contributed by atoms with Crippen molar-refractivity contribution in [2.24, 2.45) is 0 Å². The molecule has 1 atom stereocenters. The van der Waals surface area contributed by atoms with Crippen LogP contribution >= 0.6 is 0 Å². The van der Waals surface area contributed by atoms with Gasteiger partial charge in [-0.3, -0.25) is 0 Å². The molecular formula is C19H22O2.